The van der Waals surface area contributed by atoms with E-state index in [-0.39, 0.29) is 17.6 Å². The topological polar surface area (TPSA) is 44.1 Å². The van der Waals surface area contributed by atoms with E-state index in [1.807, 2.05) is 0 Å². The minimum Gasteiger partial charge on any atom is -0.334 e. The summed E-state index contributed by atoms with van der Waals surface area (Å²) in [6.07, 6.45) is 0. The molecule has 1 aromatic rings. The van der Waals surface area contributed by atoms with Gasteiger partial charge in [-0.15, -0.1) is 0 Å². The van der Waals surface area contributed by atoms with E-state index in [9.17, 15) is 9.18 Å². The fourth-order valence-corrected chi connectivity index (χ4v) is 2.15. The van der Waals surface area contributed by atoms with E-state index in [1.165, 1.54) is 23.1 Å². The lowest BCUT2D eigenvalue weighted by atomic mass is 9.94. The maximum Gasteiger partial charge on any atom is 0.298 e. The lowest BCUT2D eigenvalue weighted by Gasteiger charge is -2.34. The molecular weight excluding hydrogens is 243 g/mol. The van der Waals surface area contributed by atoms with Gasteiger partial charge in [0.15, 0.2) is 0 Å². The van der Waals surface area contributed by atoms with Gasteiger partial charge < -0.3 is 4.90 Å². The van der Waals surface area contributed by atoms with Crippen LogP contribution >= 0.6 is 0 Å². The number of amides is 1. The van der Waals surface area contributed by atoms with Crippen molar-refractivity contribution in [2.24, 2.45) is 0 Å². The molecule has 0 saturated heterocycles. The number of alkyl halides is 1. The molecule has 1 aromatic carbocycles. The van der Waals surface area contributed by atoms with Crippen molar-refractivity contribution in [3.05, 3.63) is 35.9 Å². The Morgan fingerprint density at radius 3 is 2.05 bits per heavy atom. The standard InChI is InChI=1S/C15H19FN2O/c1-11(2)18(12(3)4)14(19)15(16,10-17)13-8-6-5-7-9-13/h5-9,11-12H,1-4H3. The monoisotopic (exact) mass is 262 g/mol. The molecule has 0 aliphatic carbocycles. The van der Waals surface area contributed by atoms with E-state index in [0.717, 1.165) is 0 Å². The third-order valence-electron chi connectivity index (χ3n) is 2.97. The van der Waals surface area contributed by atoms with Gasteiger partial charge in [-0.25, -0.2) is 4.39 Å². The molecule has 1 rings (SSSR count). The third-order valence-corrected chi connectivity index (χ3v) is 2.97. The van der Waals surface area contributed by atoms with E-state index in [2.05, 4.69) is 0 Å². The average molecular weight is 262 g/mol. The summed E-state index contributed by atoms with van der Waals surface area (Å²) in [5.41, 5.74) is -2.55. The Morgan fingerprint density at radius 1 is 1.21 bits per heavy atom. The summed E-state index contributed by atoms with van der Waals surface area (Å²) >= 11 is 0. The maximum atomic E-state index is 14.9. The molecule has 0 saturated carbocycles. The zero-order chi connectivity index (χ0) is 14.6. The minimum atomic E-state index is -2.63. The fourth-order valence-electron chi connectivity index (χ4n) is 2.15. The molecule has 0 heterocycles. The highest BCUT2D eigenvalue weighted by atomic mass is 19.1. The predicted octanol–water partition coefficient (Wildman–Crippen LogP) is 3.02. The summed E-state index contributed by atoms with van der Waals surface area (Å²) < 4.78 is 14.9. The van der Waals surface area contributed by atoms with Crippen LogP contribution < -0.4 is 0 Å². The molecule has 0 N–H and O–H groups in total. The van der Waals surface area contributed by atoms with Crippen molar-refractivity contribution in [3.63, 3.8) is 0 Å². The normalized spacial score (nSPS) is 14.0. The molecule has 3 nitrogen and oxygen atoms in total. The van der Waals surface area contributed by atoms with Gasteiger partial charge in [-0.2, -0.15) is 5.26 Å². The predicted molar refractivity (Wildman–Crippen MR) is 72.0 cm³/mol. The zero-order valence-electron chi connectivity index (χ0n) is 11.7. The number of nitriles is 1. The second-order valence-electron chi connectivity index (χ2n) is 5.04. The lowest BCUT2D eigenvalue weighted by molar-refractivity contribution is -0.144. The van der Waals surface area contributed by atoms with Crippen LogP contribution in [0.3, 0.4) is 0 Å². The molecule has 0 aromatic heterocycles. The first kappa shape index (κ1) is 15.2. The largest absolute Gasteiger partial charge is 0.334 e. The molecular formula is C15H19FN2O. The molecule has 1 amide bonds. The molecule has 0 aliphatic rings. The first-order chi connectivity index (χ1) is 8.84. The zero-order valence-corrected chi connectivity index (χ0v) is 11.7. The van der Waals surface area contributed by atoms with Crippen molar-refractivity contribution in [1.82, 2.24) is 4.90 Å². The van der Waals surface area contributed by atoms with Gasteiger partial charge in [0.25, 0.3) is 11.6 Å². The molecule has 0 fully saturated rings. The Morgan fingerprint density at radius 2 is 1.68 bits per heavy atom. The highest BCUT2D eigenvalue weighted by Crippen LogP contribution is 2.29. The Kier molecular flexibility index (Phi) is 4.66. The molecule has 0 radical (unpaired) electrons. The van der Waals surface area contributed by atoms with Crippen LogP contribution in [-0.4, -0.2) is 22.9 Å². The molecule has 0 spiro atoms. The number of rotatable bonds is 4. The highest BCUT2D eigenvalue weighted by molar-refractivity contribution is 5.90. The SMILES string of the molecule is CC(C)N(C(=O)C(F)(C#N)c1ccccc1)C(C)C. The van der Waals surface area contributed by atoms with Gasteiger partial charge in [0.1, 0.15) is 6.07 Å². The van der Waals surface area contributed by atoms with Gasteiger partial charge in [-0.3, -0.25) is 4.79 Å². The number of hydrogen-bond donors (Lipinski definition) is 0. The van der Waals surface area contributed by atoms with Crippen molar-refractivity contribution in [3.8, 4) is 6.07 Å². The van der Waals surface area contributed by atoms with Gasteiger partial charge in [0.05, 0.1) is 0 Å². The number of halogens is 1. The van der Waals surface area contributed by atoms with Crippen LogP contribution in [-0.2, 0) is 10.5 Å². The molecule has 102 valence electrons. The van der Waals surface area contributed by atoms with Gasteiger partial charge in [0, 0.05) is 17.6 Å². The van der Waals surface area contributed by atoms with Crippen LogP contribution in [0.15, 0.2) is 30.3 Å². The molecule has 4 heteroatoms. The van der Waals surface area contributed by atoms with Crippen molar-refractivity contribution in [2.75, 3.05) is 0 Å². The van der Waals surface area contributed by atoms with Gasteiger partial charge in [-0.05, 0) is 27.7 Å². The van der Waals surface area contributed by atoms with E-state index in [4.69, 9.17) is 5.26 Å². The number of carbonyl (C=O) groups is 1. The fraction of sp³-hybridized carbons (Fsp3) is 0.467. The second kappa shape index (κ2) is 5.83. The molecule has 0 aliphatic heterocycles. The molecule has 1 atom stereocenters. The van der Waals surface area contributed by atoms with E-state index in [0.29, 0.717) is 0 Å². The van der Waals surface area contributed by atoms with Crippen LogP contribution in [0.25, 0.3) is 0 Å². The van der Waals surface area contributed by atoms with Crippen LogP contribution in [0.2, 0.25) is 0 Å². The number of nitrogens with zero attached hydrogens (tertiary/aromatic N) is 2. The van der Waals surface area contributed by atoms with Crippen LogP contribution in [0.4, 0.5) is 4.39 Å². The van der Waals surface area contributed by atoms with Crippen molar-refractivity contribution in [2.45, 2.75) is 45.4 Å². The maximum absolute atomic E-state index is 14.9. The Bertz CT molecular complexity index is 471. The van der Waals surface area contributed by atoms with Gasteiger partial charge in [-0.1, -0.05) is 30.3 Å². The quantitative estimate of drug-likeness (QED) is 0.837. The molecule has 1 unspecified atom stereocenters. The van der Waals surface area contributed by atoms with Crippen molar-refractivity contribution >= 4 is 5.91 Å². The summed E-state index contributed by atoms with van der Waals surface area (Å²) in [7, 11) is 0. The van der Waals surface area contributed by atoms with E-state index < -0.39 is 11.6 Å². The van der Waals surface area contributed by atoms with Gasteiger partial charge in [0.2, 0.25) is 0 Å². The van der Waals surface area contributed by atoms with Crippen LogP contribution in [0.1, 0.15) is 33.3 Å². The Labute approximate surface area is 113 Å². The smallest absolute Gasteiger partial charge is 0.298 e. The van der Waals surface area contributed by atoms with Gasteiger partial charge >= 0.3 is 0 Å². The summed E-state index contributed by atoms with van der Waals surface area (Å²) in [6, 6.07) is 9.06. The second-order valence-corrected chi connectivity index (χ2v) is 5.04. The highest BCUT2D eigenvalue weighted by Gasteiger charge is 2.45. The van der Waals surface area contributed by atoms with Crippen LogP contribution in [0.5, 0.6) is 0 Å². The Hall–Kier alpha value is -1.89. The average Bonchev–Trinajstić information content (AvgIpc) is 2.37. The summed E-state index contributed by atoms with van der Waals surface area (Å²) in [4.78, 5) is 13.8. The summed E-state index contributed by atoms with van der Waals surface area (Å²) in [5, 5.41) is 9.15. The van der Waals surface area contributed by atoms with E-state index in [1.54, 1.807) is 45.9 Å². The van der Waals surface area contributed by atoms with Crippen LogP contribution in [0, 0.1) is 11.3 Å². The molecule has 0 bridgehead atoms. The third kappa shape index (κ3) is 2.93. The number of carbonyl (C=O) groups excluding carboxylic acids is 1. The summed E-state index contributed by atoms with van der Waals surface area (Å²) in [6.45, 7) is 7.22. The number of hydrogen-bond acceptors (Lipinski definition) is 2. The Balaban J connectivity index is 3.23. The minimum absolute atomic E-state index is 0.0776. The van der Waals surface area contributed by atoms with Crippen molar-refractivity contribution < 1.29 is 9.18 Å². The lowest BCUT2D eigenvalue weighted by Crippen LogP contribution is -2.50. The summed E-state index contributed by atoms with van der Waals surface area (Å²) in [5.74, 6) is -0.800. The first-order valence-corrected chi connectivity index (χ1v) is 6.33. The number of benzene rings is 1. The van der Waals surface area contributed by atoms with Crippen molar-refractivity contribution in [1.29, 1.82) is 5.26 Å². The van der Waals surface area contributed by atoms with E-state index >= 15 is 0 Å². The first-order valence-electron chi connectivity index (χ1n) is 6.33. The molecule has 19 heavy (non-hydrogen) atoms.